The highest BCUT2D eigenvalue weighted by atomic mass is 35.5. The molecule has 2 aromatic carbocycles. The first-order valence-electron chi connectivity index (χ1n) is 8.47. The van der Waals surface area contributed by atoms with E-state index in [1.807, 2.05) is 42.5 Å². The Bertz CT molecular complexity index is 1020. The van der Waals surface area contributed by atoms with Crippen molar-refractivity contribution >= 4 is 17.5 Å². The van der Waals surface area contributed by atoms with Crippen molar-refractivity contribution in [2.24, 2.45) is 5.73 Å². The molecule has 0 aromatic heterocycles. The van der Waals surface area contributed by atoms with E-state index in [-0.39, 0.29) is 17.5 Å². The summed E-state index contributed by atoms with van der Waals surface area (Å²) < 4.78 is 5.57. The van der Waals surface area contributed by atoms with E-state index in [0.717, 1.165) is 16.7 Å². The third kappa shape index (κ3) is 3.05. The van der Waals surface area contributed by atoms with Gasteiger partial charge in [0.2, 0.25) is 5.88 Å². The molecule has 0 saturated heterocycles. The number of amides is 1. The Morgan fingerprint density at radius 2 is 2.00 bits per heavy atom. The van der Waals surface area contributed by atoms with Gasteiger partial charge in [0.1, 0.15) is 11.6 Å². The minimum absolute atomic E-state index is 0.0314. The molecule has 2 N–H and O–H groups in total. The Labute approximate surface area is 161 Å². The molecule has 27 heavy (non-hydrogen) atoms. The van der Waals surface area contributed by atoms with Gasteiger partial charge in [0.25, 0.3) is 5.91 Å². The molecule has 2 aliphatic rings. The molecule has 5 nitrogen and oxygen atoms in total. The quantitative estimate of drug-likeness (QED) is 0.888. The van der Waals surface area contributed by atoms with Crippen LogP contribution in [0.25, 0.3) is 0 Å². The average molecular weight is 378 g/mol. The Kier molecular flexibility index (Phi) is 4.35. The Morgan fingerprint density at radius 3 is 2.70 bits per heavy atom. The zero-order valence-electron chi connectivity index (χ0n) is 14.4. The molecule has 1 unspecified atom stereocenters. The predicted octanol–water partition coefficient (Wildman–Crippen LogP) is 3.44. The highest BCUT2D eigenvalue weighted by molar-refractivity contribution is 6.30. The van der Waals surface area contributed by atoms with Crippen LogP contribution in [0.2, 0.25) is 5.02 Å². The van der Waals surface area contributed by atoms with Gasteiger partial charge in [-0.05, 0) is 23.3 Å². The van der Waals surface area contributed by atoms with Gasteiger partial charge in [-0.1, -0.05) is 54.1 Å². The van der Waals surface area contributed by atoms with Gasteiger partial charge in [-0.25, -0.2) is 0 Å². The fourth-order valence-corrected chi connectivity index (χ4v) is 3.75. The number of ether oxygens (including phenoxy) is 1. The summed E-state index contributed by atoms with van der Waals surface area (Å²) in [5.74, 6) is -0.480. The van der Waals surface area contributed by atoms with Crippen LogP contribution in [0.3, 0.4) is 0 Å². The first-order valence-corrected chi connectivity index (χ1v) is 8.85. The number of halogens is 1. The number of hydrogen-bond acceptors (Lipinski definition) is 4. The second kappa shape index (κ2) is 6.82. The summed E-state index contributed by atoms with van der Waals surface area (Å²) in [7, 11) is 0. The van der Waals surface area contributed by atoms with Gasteiger partial charge in [-0.15, -0.1) is 0 Å². The SMILES string of the molecule is N#CC1=C(N)OC2=C(CN(Cc3ccccc3)C2=O)C1c1cccc(Cl)c1. The molecule has 0 spiro atoms. The highest BCUT2D eigenvalue weighted by Gasteiger charge is 2.42. The fourth-order valence-electron chi connectivity index (χ4n) is 3.55. The highest BCUT2D eigenvalue weighted by Crippen LogP contribution is 2.43. The number of rotatable bonds is 3. The molecule has 134 valence electrons. The van der Waals surface area contributed by atoms with E-state index in [4.69, 9.17) is 22.1 Å². The normalized spacial score (nSPS) is 19.0. The number of benzene rings is 2. The lowest BCUT2D eigenvalue weighted by molar-refractivity contribution is -0.128. The number of carbonyl (C=O) groups excluding carboxylic acids is 1. The van der Waals surface area contributed by atoms with Gasteiger partial charge in [0.15, 0.2) is 5.76 Å². The van der Waals surface area contributed by atoms with Crippen molar-refractivity contribution < 1.29 is 9.53 Å². The Morgan fingerprint density at radius 1 is 1.22 bits per heavy atom. The largest absolute Gasteiger partial charge is 0.435 e. The van der Waals surface area contributed by atoms with E-state index in [1.54, 1.807) is 17.0 Å². The zero-order valence-corrected chi connectivity index (χ0v) is 15.1. The maximum atomic E-state index is 12.9. The average Bonchev–Trinajstić information content (AvgIpc) is 2.97. The monoisotopic (exact) mass is 377 g/mol. The molecule has 0 radical (unpaired) electrons. The Balaban J connectivity index is 1.72. The molecule has 2 aliphatic heterocycles. The number of nitriles is 1. The zero-order chi connectivity index (χ0) is 19.0. The van der Waals surface area contributed by atoms with E-state index in [2.05, 4.69) is 6.07 Å². The second-order valence-electron chi connectivity index (χ2n) is 6.48. The van der Waals surface area contributed by atoms with Crippen LogP contribution >= 0.6 is 11.6 Å². The van der Waals surface area contributed by atoms with E-state index in [0.29, 0.717) is 23.7 Å². The first kappa shape index (κ1) is 17.2. The van der Waals surface area contributed by atoms with Crippen molar-refractivity contribution in [2.75, 3.05) is 6.54 Å². The molecule has 0 bridgehead atoms. The molecule has 0 saturated carbocycles. The summed E-state index contributed by atoms with van der Waals surface area (Å²) >= 11 is 6.14. The molecule has 0 aliphatic carbocycles. The molecule has 1 atom stereocenters. The van der Waals surface area contributed by atoms with Gasteiger partial charge in [0.05, 0.1) is 5.92 Å². The topological polar surface area (TPSA) is 79.4 Å². The molecular formula is C21H16ClN3O2. The summed E-state index contributed by atoms with van der Waals surface area (Å²) in [5, 5.41) is 10.2. The molecular weight excluding hydrogens is 362 g/mol. The second-order valence-corrected chi connectivity index (χ2v) is 6.92. The van der Waals surface area contributed by atoms with Crippen LogP contribution < -0.4 is 5.73 Å². The molecule has 4 rings (SSSR count). The van der Waals surface area contributed by atoms with Crippen molar-refractivity contribution in [1.29, 1.82) is 5.26 Å². The van der Waals surface area contributed by atoms with Crippen molar-refractivity contribution in [3.8, 4) is 6.07 Å². The summed E-state index contributed by atoms with van der Waals surface area (Å²) in [6.45, 7) is 0.832. The van der Waals surface area contributed by atoms with E-state index in [1.165, 1.54) is 0 Å². The number of hydrogen-bond donors (Lipinski definition) is 1. The summed E-state index contributed by atoms with van der Waals surface area (Å²) in [6.07, 6.45) is 0. The number of nitrogens with two attached hydrogens (primary N) is 1. The van der Waals surface area contributed by atoms with E-state index in [9.17, 15) is 10.1 Å². The molecule has 2 aromatic rings. The number of allylic oxidation sites excluding steroid dienone is 1. The third-order valence-electron chi connectivity index (χ3n) is 4.77. The molecule has 1 amide bonds. The van der Waals surface area contributed by atoms with Crippen molar-refractivity contribution in [1.82, 2.24) is 4.90 Å². The first-order chi connectivity index (χ1) is 13.1. The van der Waals surface area contributed by atoms with Crippen LogP contribution in [-0.4, -0.2) is 17.4 Å². The van der Waals surface area contributed by atoms with Crippen LogP contribution in [0, 0.1) is 11.3 Å². The van der Waals surface area contributed by atoms with Crippen LogP contribution in [0.15, 0.2) is 77.4 Å². The van der Waals surface area contributed by atoms with Crippen LogP contribution in [-0.2, 0) is 16.1 Å². The van der Waals surface area contributed by atoms with Crippen molar-refractivity contribution in [3.05, 3.63) is 93.5 Å². The number of nitrogens with zero attached hydrogens (tertiary/aromatic N) is 2. The molecule has 0 fully saturated rings. The molecule has 2 heterocycles. The minimum Gasteiger partial charge on any atom is -0.435 e. The van der Waals surface area contributed by atoms with Gasteiger partial charge < -0.3 is 15.4 Å². The maximum Gasteiger partial charge on any atom is 0.290 e. The van der Waals surface area contributed by atoms with E-state index < -0.39 is 5.92 Å². The fraction of sp³-hybridized carbons (Fsp3) is 0.143. The van der Waals surface area contributed by atoms with Crippen molar-refractivity contribution in [2.45, 2.75) is 12.5 Å². The van der Waals surface area contributed by atoms with Crippen molar-refractivity contribution in [3.63, 3.8) is 0 Å². The van der Waals surface area contributed by atoms with Gasteiger partial charge in [0, 0.05) is 23.7 Å². The summed E-state index contributed by atoms with van der Waals surface area (Å²) in [6, 6.07) is 19.1. The Hall–Kier alpha value is -3.23. The number of carbonyl (C=O) groups is 1. The van der Waals surface area contributed by atoms with Crippen LogP contribution in [0.1, 0.15) is 17.0 Å². The summed E-state index contributed by atoms with van der Waals surface area (Å²) in [4.78, 5) is 14.6. The van der Waals surface area contributed by atoms with Crippen LogP contribution in [0.4, 0.5) is 0 Å². The third-order valence-corrected chi connectivity index (χ3v) is 5.00. The molecule has 6 heteroatoms. The standard InChI is InChI=1S/C21H16ClN3O2/c22-15-8-4-7-14(9-15)18-16(10-23)20(24)27-19-17(18)12-25(21(19)26)11-13-5-2-1-3-6-13/h1-9,18H,11-12,24H2. The lowest BCUT2D eigenvalue weighted by atomic mass is 9.84. The lowest BCUT2D eigenvalue weighted by Gasteiger charge is -2.24. The minimum atomic E-state index is -0.442. The van der Waals surface area contributed by atoms with Gasteiger partial charge >= 0.3 is 0 Å². The maximum absolute atomic E-state index is 12.9. The van der Waals surface area contributed by atoms with Gasteiger partial charge in [-0.2, -0.15) is 5.26 Å². The predicted molar refractivity (Wildman–Crippen MR) is 101 cm³/mol. The van der Waals surface area contributed by atoms with Crippen LogP contribution in [0.5, 0.6) is 0 Å². The van der Waals surface area contributed by atoms with Gasteiger partial charge in [-0.3, -0.25) is 4.79 Å². The lowest BCUT2D eigenvalue weighted by Crippen LogP contribution is -2.27. The summed E-state index contributed by atoms with van der Waals surface area (Å²) in [5.41, 5.74) is 8.84. The smallest absolute Gasteiger partial charge is 0.290 e. The van der Waals surface area contributed by atoms with E-state index >= 15 is 0 Å².